The Morgan fingerprint density at radius 3 is 1.47 bits per heavy atom. The number of ether oxygens (including phenoxy) is 3. The maximum atomic E-state index is 5.86. The van der Waals surface area contributed by atoms with Crippen LogP contribution in [0, 0.1) is 0 Å². The van der Waals surface area contributed by atoms with Gasteiger partial charge in [-0.25, -0.2) is 9.97 Å². The molecule has 0 amide bonds. The van der Waals surface area contributed by atoms with Gasteiger partial charge in [-0.3, -0.25) is 0 Å². The van der Waals surface area contributed by atoms with Crippen molar-refractivity contribution >= 4 is 0 Å². The van der Waals surface area contributed by atoms with E-state index in [0.717, 1.165) is 24.2 Å². The lowest BCUT2D eigenvalue weighted by molar-refractivity contribution is -0.296. The fourth-order valence-corrected chi connectivity index (χ4v) is 3.27. The van der Waals surface area contributed by atoms with Gasteiger partial charge in [0, 0.05) is 44.5 Å². The number of imidazole rings is 2. The van der Waals surface area contributed by atoms with Crippen LogP contribution in [0.15, 0.2) is 86.0 Å². The summed E-state index contributed by atoms with van der Waals surface area (Å²) in [5, 5.41) is 0. The first-order valence-corrected chi connectivity index (χ1v) is 10.7. The van der Waals surface area contributed by atoms with Crippen LogP contribution in [0.1, 0.15) is 29.2 Å². The van der Waals surface area contributed by atoms with Crippen molar-refractivity contribution in [3.05, 3.63) is 108 Å². The summed E-state index contributed by atoms with van der Waals surface area (Å²) >= 11 is 0. The second-order valence-corrected chi connectivity index (χ2v) is 7.47. The van der Waals surface area contributed by atoms with Gasteiger partial charge in [0.05, 0.1) is 25.9 Å². The molecule has 2 aromatic heterocycles. The Labute approximate surface area is 188 Å². The van der Waals surface area contributed by atoms with E-state index >= 15 is 0 Å². The van der Waals surface area contributed by atoms with Crippen LogP contribution in [-0.4, -0.2) is 32.2 Å². The Bertz CT molecular complexity index is 946. The van der Waals surface area contributed by atoms with Crippen molar-refractivity contribution in [3.8, 4) is 0 Å². The zero-order valence-corrected chi connectivity index (χ0v) is 18.2. The number of nitrogens with zero attached hydrogens (tertiary/aromatic N) is 4. The molecule has 0 saturated carbocycles. The van der Waals surface area contributed by atoms with Gasteiger partial charge in [-0.15, -0.1) is 0 Å². The van der Waals surface area contributed by atoms with E-state index in [1.54, 1.807) is 12.4 Å². The van der Waals surface area contributed by atoms with Crippen molar-refractivity contribution in [1.29, 1.82) is 0 Å². The molecule has 0 unspecified atom stereocenters. The lowest BCUT2D eigenvalue weighted by Gasteiger charge is -2.18. The normalized spacial score (nSPS) is 11.3. The SMILES string of the molecule is CCOC(OCc1ccc(Cn2ccnc2)cc1)OCc1ccc(Cn2ccnc2)cc1. The van der Waals surface area contributed by atoms with Crippen molar-refractivity contribution in [2.45, 2.75) is 39.7 Å². The molecule has 4 aromatic rings. The third kappa shape index (κ3) is 6.62. The number of rotatable bonds is 12. The fourth-order valence-electron chi connectivity index (χ4n) is 3.27. The average molecular weight is 433 g/mol. The number of aromatic nitrogens is 4. The maximum absolute atomic E-state index is 5.86. The molecule has 2 aromatic carbocycles. The van der Waals surface area contributed by atoms with E-state index in [4.69, 9.17) is 14.2 Å². The molecule has 0 N–H and O–H groups in total. The number of hydrogen-bond donors (Lipinski definition) is 0. The molecule has 7 nitrogen and oxygen atoms in total. The summed E-state index contributed by atoms with van der Waals surface area (Å²) in [6.07, 6.45) is 11.1. The molecule has 7 heteroatoms. The summed E-state index contributed by atoms with van der Waals surface area (Å²) in [4.78, 5) is 8.14. The van der Waals surface area contributed by atoms with E-state index in [0.29, 0.717) is 19.8 Å². The summed E-state index contributed by atoms with van der Waals surface area (Å²) in [7, 11) is 0. The Hall–Kier alpha value is -3.26. The van der Waals surface area contributed by atoms with Gasteiger partial charge in [-0.1, -0.05) is 48.5 Å². The van der Waals surface area contributed by atoms with Crippen LogP contribution in [0.4, 0.5) is 0 Å². The van der Waals surface area contributed by atoms with Crippen molar-refractivity contribution in [1.82, 2.24) is 19.1 Å². The smallest absolute Gasteiger partial charge is 0.272 e. The van der Waals surface area contributed by atoms with Gasteiger partial charge in [0.15, 0.2) is 0 Å². The van der Waals surface area contributed by atoms with E-state index in [9.17, 15) is 0 Å². The van der Waals surface area contributed by atoms with E-state index in [1.807, 2.05) is 41.1 Å². The van der Waals surface area contributed by atoms with Gasteiger partial charge in [0.25, 0.3) is 6.48 Å². The molecule has 0 fully saturated rings. The highest BCUT2D eigenvalue weighted by atomic mass is 16.8. The van der Waals surface area contributed by atoms with E-state index in [1.165, 1.54) is 11.1 Å². The second-order valence-electron chi connectivity index (χ2n) is 7.47. The second kappa shape index (κ2) is 11.4. The molecule has 166 valence electrons. The van der Waals surface area contributed by atoms with Crippen LogP contribution in [0.3, 0.4) is 0 Å². The van der Waals surface area contributed by atoms with Gasteiger partial charge < -0.3 is 23.3 Å². The number of benzene rings is 2. The molecule has 0 atom stereocenters. The van der Waals surface area contributed by atoms with Gasteiger partial charge in [-0.05, 0) is 29.2 Å². The van der Waals surface area contributed by atoms with Gasteiger partial charge >= 0.3 is 0 Å². The lowest BCUT2D eigenvalue weighted by Crippen LogP contribution is -2.21. The van der Waals surface area contributed by atoms with Gasteiger partial charge in [0.1, 0.15) is 0 Å². The summed E-state index contributed by atoms with van der Waals surface area (Å²) in [6, 6.07) is 16.6. The van der Waals surface area contributed by atoms with Crippen LogP contribution in [-0.2, 0) is 40.5 Å². The quantitative estimate of drug-likeness (QED) is 0.314. The minimum absolute atomic E-state index is 0.417. The van der Waals surface area contributed by atoms with Gasteiger partial charge in [-0.2, -0.15) is 0 Å². The highest BCUT2D eigenvalue weighted by Crippen LogP contribution is 2.13. The van der Waals surface area contributed by atoms with E-state index in [-0.39, 0.29) is 0 Å². The summed E-state index contributed by atoms with van der Waals surface area (Å²) in [5.41, 5.74) is 4.55. The predicted molar refractivity (Wildman–Crippen MR) is 121 cm³/mol. The zero-order chi connectivity index (χ0) is 22.0. The van der Waals surface area contributed by atoms with E-state index in [2.05, 4.69) is 58.5 Å². The standard InChI is InChI=1S/C25H28N4O3/c1-2-30-25(31-17-23-7-3-21(4-8-23)15-28-13-11-26-19-28)32-18-24-9-5-22(6-10-24)16-29-14-12-27-20-29/h3-14,19-20,25H,2,15-18H2,1H3. The Morgan fingerprint density at radius 2 is 1.09 bits per heavy atom. The third-order valence-corrected chi connectivity index (χ3v) is 4.97. The largest absolute Gasteiger partial charge is 0.333 e. The molecular formula is C25H28N4O3. The summed E-state index contributed by atoms with van der Waals surface area (Å²) < 4.78 is 21.4. The first kappa shape index (κ1) is 22.0. The molecule has 2 heterocycles. The zero-order valence-electron chi connectivity index (χ0n) is 18.2. The summed E-state index contributed by atoms with van der Waals surface area (Å²) in [6.45, 7) is 4.16. The molecular weight excluding hydrogens is 404 g/mol. The van der Waals surface area contributed by atoms with Crippen LogP contribution in [0.5, 0.6) is 0 Å². The minimum atomic E-state index is -0.712. The Balaban J connectivity index is 1.24. The molecule has 0 aliphatic carbocycles. The van der Waals surface area contributed by atoms with Crippen molar-refractivity contribution in [2.75, 3.05) is 6.61 Å². The monoisotopic (exact) mass is 432 g/mol. The maximum Gasteiger partial charge on any atom is 0.272 e. The molecule has 0 spiro atoms. The highest BCUT2D eigenvalue weighted by Gasteiger charge is 2.10. The number of hydrogen-bond acceptors (Lipinski definition) is 5. The van der Waals surface area contributed by atoms with Crippen LogP contribution >= 0.6 is 0 Å². The first-order valence-electron chi connectivity index (χ1n) is 10.7. The minimum Gasteiger partial charge on any atom is -0.333 e. The first-order chi connectivity index (χ1) is 15.8. The molecule has 0 aliphatic heterocycles. The van der Waals surface area contributed by atoms with Crippen molar-refractivity contribution in [2.24, 2.45) is 0 Å². The highest BCUT2D eigenvalue weighted by molar-refractivity contribution is 5.23. The molecule has 0 bridgehead atoms. The van der Waals surface area contributed by atoms with Crippen LogP contribution in [0.25, 0.3) is 0 Å². The molecule has 32 heavy (non-hydrogen) atoms. The molecule has 4 rings (SSSR count). The summed E-state index contributed by atoms with van der Waals surface area (Å²) in [5.74, 6) is 0. The molecule has 0 radical (unpaired) electrons. The average Bonchev–Trinajstić information content (AvgIpc) is 3.52. The third-order valence-electron chi connectivity index (χ3n) is 4.97. The lowest BCUT2D eigenvalue weighted by atomic mass is 10.1. The Morgan fingerprint density at radius 1 is 0.656 bits per heavy atom. The van der Waals surface area contributed by atoms with Gasteiger partial charge in [0.2, 0.25) is 0 Å². The molecule has 0 saturated heterocycles. The Kier molecular flexibility index (Phi) is 7.81. The fraction of sp³-hybridized carbons (Fsp3) is 0.280. The van der Waals surface area contributed by atoms with Crippen molar-refractivity contribution < 1.29 is 14.2 Å². The topological polar surface area (TPSA) is 63.3 Å². The molecule has 0 aliphatic rings. The van der Waals surface area contributed by atoms with E-state index < -0.39 is 6.48 Å². The van der Waals surface area contributed by atoms with Crippen LogP contribution < -0.4 is 0 Å². The predicted octanol–water partition coefficient (Wildman–Crippen LogP) is 4.23. The van der Waals surface area contributed by atoms with Crippen molar-refractivity contribution in [3.63, 3.8) is 0 Å². The van der Waals surface area contributed by atoms with Crippen LogP contribution in [0.2, 0.25) is 0 Å².